The second-order valence-corrected chi connectivity index (χ2v) is 4.16. The first-order valence-corrected chi connectivity index (χ1v) is 5.63. The first-order valence-electron chi connectivity index (χ1n) is 3.95. The highest BCUT2D eigenvalue weighted by molar-refractivity contribution is 7.99. The van der Waals surface area contributed by atoms with Crippen molar-refractivity contribution in [1.82, 2.24) is 0 Å². The lowest BCUT2D eigenvalue weighted by molar-refractivity contribution is 0.637. The average Bonchev–Trinajstić information content (AvgIpc) is 1.98. The maximum absolute atomic E-state index is 5.54. The molecule has 0 saturated carbocycles. The molecule has 0 rings (SSSR count). The summed E-state index contributed by atoms with van der Waals surface area (Å²) in [5, 5.41) is 0. The van der Waals surface area contributed by atoms with E-state index < -0.39 is 0 Å². The van der Waals surface area contributed by atoms with Crippen LogP contribution in [0.1, 0.15) is 26.7 Å². The molecule has 0 amide bonds. The molecular weight excluding hydrogens is 164 g/mol. The summed E-state index contributed by atoms with van der Waals surface area (Å²) in [7, 11) is 0. The Morgan fingerprint density at radius 2 is 2.20 bits per heavy atom. The van der Waals surface area contributed by atoms with Crippen molar-refractivity contribution in [2.45, 2.75) is 26.7 Å². The summed E-state index contributed by atoms with van der Waals surface area (Å²) >= 11 is 7.56. The summed E-state index contributed by atoms with van der Waals surface area (Å²) in [6.07, 6.45) is 2.45. The summed E-state index contributed by atoms with van der Waals surface area (Å²) in [6, 6.07) is 0. The van der Waals surface area contributed by atoms with E-state index in [9.17, 15) is 0 Å². The molecule has 0 aliphatic rings. The minimum absolute atomic E-state index is 0.813. The fraction of sp³-hybridized carbons (Fsp3) is 1.00. The molecule has 0 bridgehead atoms. The molecule has 62 valence electrons. The highest BCUT2D eigenvalue weighted by atomic mass is 35.5. The Morgan fingerprint density at radius 3 is 2.70 bits per heavy atom. The maximum Gasteiger partial charge on any atom is 0.0231 e. The van der Waals surface area contributed by atoms with E-state index in [4.69, 9.17) is 11.6 Å². The highest BCUT2D eigenvalue weighted by Crippen LogP contribution is 2.11. The van der Waals surface area contributed by atoms with Gasteiger partial charge >= 0.3 is 0 Å². The van der Waals surface area contributed by atoms with Crippen LogP contribution in [-0.4, -0.2) is 17.4 Å². The van der Waals surface area contributed by atoms with Crippen LogP contribution in [0.5, 0.6) is 0 Å². The van der Waals surface area contributed by atoms with Crippen molar-refractivity contribution in [1.29, 1.82) is 0 Å². The molecule has 1 unspecified atom stereocenters. The van der Waals surface area contributed by atoms with Crippen molar-refractivity contribution in [2.75, 3.05) is 17.4 Å². The van der Waals surface area contributed by atoms with Gasteiger partial charge in [-0.05, 0) is 23.8 Å². The van der Waals surface area contributed by atoms with Crippen molar-refractivity contribution < 1.29 is 0 Å². The molecule has 0 aromatic heterocycles. The van der Waals surface area contributed by atoms with E-state index >= 15 is 0 Å². The molecule has 2 heteroatoms. The van der Waals surface area contributed by atoms with Gasteiger partial charge in [-0.2, -0.15) is 11.8 Å². The Balaban J connectivity index is 2.89. The zero-order valence-electron chi connectivity index (χ0n) is 6.90. The smallest absolute Gasteiger partial charge is 0.0231 e. The molecule has 0 heterocycles. The first-order chi connectivity index (χ1) is 4.81. The summed E-state index contributed by atoms with van der Waals surface area (Å²) in [4.78, 5) is 0. The van der Waals surface area contributed by atoms with Gasteiger partial charge in [-0.3, -0.25) is 0 Å². The van der Waals surface area contributed by atoms with Crippen LogP contribution in [0, 0.1) is 5.92 Å². The van der Waals surface area contributed by atoms with Crippen molar-refractivity contribution in [3.8, 4) is 0 Å². The van der Waals surface area contributed by atoms with Gasteiger partial charge in [0.2, 0.25) is 0 Å². The molecule has 0 N–H and O–H groups in total. The lowest BCUT2D eigenvalue weighted by Crippen LogP contribution is -1.96. The van der Waals surface area contributed by atoms with E-state index in [1.807, 2.05) is 11.8 Å². The van der Waals surface area contributed by atoms with E-state index in [0.29, 0.717) is 0 Å². The monoisotopic (exact) mass is 180 g/mol. The SMILES string of the molecule is CCC(C)CSCCCCl. The molecule has 0 aliphatic carbocycles. The molecule has 0 aromatic rings. The molecule has 1 atom stereocenters. The van der Waals surface area contributed by atoms with E-state index in [-0.39, 0.29) is 0 Å². The predicted molar refractivity (Wildman–Crippen MR) is 52.1 cm³/mol. The van der Waals surface area contributed by atoms with Crippen molar-refractivity contribution >= 4 is 23.4 Å². The minimum atomic E-state index is 0.813. The molecular formula is C8H17ClS. The Bertz CT molecular complexity index is 66.3. The molecule has 0 aromatic carbocycles. The van der Waals surface area contributed by atoms with Gasteiger partial charge in [-0.25, -0.2) is 0 Å². The van der Waals surface area contributed by atoms with Crippen LogP contribution in [0.15, 0.2) is 0 Å². The maximum atomic E-state index is 5.54. The van der Waals surface area contributed by atoms with Gasteiger partial charge in [0, 0.05) is 5.88 Å². The van der Waals surface area contributed by atoms with Crippen LogP contribution in [-0.2, 0) is 0 Å². The first kappa shape index (κ1) is 10.6. The van der Waals surface area contributed by atoms with Crippen LogP contribution >= 0.6 is 23.4 Å². The van der Waals surface area contributed by atoms with E-state index in [1.54, 1.807) is 0 Å². The van der Waals surface area contributed by atoms with E-state index in [1.165, 1.54) is 17.9 Å². The molecule has 0 spiro atoms. The normalized spacial score (nSPS) is 13.5. The largest absolute Gasteiger partial charge is 0.162 e. The lowest BCUT2D eigenvalue weighted by Gasteiger charge is -2.05. The van der Waals surface area contributed by atoms with Gasteiger partial charge in [-0.15, -0.1) is 11.6 Å². The fourth-order valence-electron chi connectivity index (χ4n) is 0.559. The number of hydrogen-bond acceptors (Lipinski definition) is 1. The number of hydrogen-bond donors (Lipinski definition) is 0. The third kappa shape index (κ3) is 6.76. The second-order valence-electron chi connectivity index (χ2n) is 2.63. The topological polar surface area (TPSA) is 0 Å². The Kier molecular flexibility index (Phi) is 8.24. The molecule has 0 nitrogen and oxygen atoms in total. The van der Waals surface area contributed by atoms with Gasteiger partial charge in [0.15, 0.2) is 0 Å². The van der Waals surface area contributed by atoms with Crippen LogP contribution in [0.2, 0.25) is 0 Å². The zero-order valence-corrected chi connectivity index (χ0v) is 8.47. The number of thioether (sulfide) groups is 1. The molecule has 0 fully saturated rings. The zero-order chi connectivity index (χ0) is 7.82. The van der Waals surface area contributed by atoms with Gasteiger partial charge in [0.05, 0.1) is 0 Å². The summed E-state index contributed by atoms with van der Waals surface area (Å²) in [5.41, 5.74) is 0. The number of halogens is 1. The molecule has 0 radical (unpaired) electrons. The van der Waals surface area contributed by atoms with Crippen LogP contribution < -0.4 is 0 Å². The van der Waals surface area contributed by atoms with Crippen LogP contribution in [0.3, 0.4) is 0 Å². The number of alkyl halides is 1. The van der Waals surface area contributed by atoms with E-state index in [2.05, 4.69) is 13.8 Å². The third-order valence-corrected chi connectivity index (χ3v) is 3.17. The highest BCUT2D eigenvalue weighted by Gasteiger charge is 1.97. The number of rotatable bonds is 6. The minimum Gasteiger partial charge on any atom is -0.162 e. The van der Waals surface area contributed by atoms with Crippen molar-refractivity contribution in [3.05, 3.63) is 0 Å². The summed E-state index contributed by atoms with van der Waals surface area (Å²) in [5.74, 6) is 4.22. The summed E-state index contributed by atoms with van der Waals surface area (Å²) in [6.45, 7) is 4.54. The van der Waals surface area contributed by atoms with Gasteiger partial charge < -0.3 is 0 Å². The summed E-state index contributed by atoms with van der Waals surface area (Å²) < 4.78 is 0. The third-order valence-electron chi connectivity index (χ3n) is 1.52. The van der Waals surface area contributed by atoms with Gasteiger partial charge in [0.25, 0.3) is 0 Å². The van der Waals surface area contributed by atoms with Gasteiger partial charge in [0.1, 0.15) is 0 Å². The molecule has 0 saturated heterocycles. The Morgan fingerprint density at radius 1 is 1.50 bits per heavy atom. The second kappa shape index (κ2) is 7.74. The van der Waals surface area contributed by atoms with Crippen LogP contribution in [0.25, 0.3) is 0 Å². The Hall–Kier alpha value is 0.640. The predicted octanol–water partition coefficient (Wildman–Crippen LogP) is 3.39. The standard InChI is InChI=1S/C8H17ClS/c1-3-8(2)7-10-6-4-5-9/h8H,3-7H2,1-2H3. The van der Waals surface area contributed by atoms with Crippen molar-refractivity contribution in [3.63, 3.8) is 0 Å². The lowest BCUT2D eigenvalue weighted by atomic mass is 10.2. The molecule has 10 heavy (non-hydrogen) atoms. The fourth-order valence-corrected chi connectivity index (χ4v) is 2.00. The van der Waals surface area contributed by atoms with Crippen molar-refractivity contribution in [2.24, 2.45) is 5.92 Å². The van der Waals surface area contributed by atoms with Crippen LogP contribution in [0.4, 0.5) is 0 Å². The molecule has 0 aliphatic heterocycles. The van der Waals surface area contributed by atoms with E-state index in [0.717, 1.165) is 18.2 Å². The van der Waals surface area contributed by atoms with Gasteiger partial charge in [-0.1, -0.05) is 20.3 Å². The Labute approximate surface area is 73.7 Å². The quantitative estimate of drug-likeness (QED) is 0.446. The average molecular weight is 181 g/mol.